The second kappa shape index (κ2) is 6.48. The lowest BCUT2D eigenvalue weighted by atomic mass is 10.1. The van der Waals surface area contributed by atoms with E-state index in [-0.39, 0.29) is 5.91 Å². The van der Waals surface area contributed by atoms with Gasteiger partial charge < -0.3 is 5.32 Å². The number of benzene rings is 1. The molecular formula is C14H16ClN3O. The minimum atomic E-state index is -0.0889. The van der Waals surface area contributed by atoms with E-state index in [1.807, 2.05) is 0 Å². The molecule has 2 aromatic rings. The molecule has 0 saturated heterocycles. The highest BCUT2D eigenvalue weighted by atomic mass is 35.5. The van der Waals surface area contributed by atoms with Gasteiger partial charge in [-0.3, -0.25) is 14.8 Å². The summed E-state index contributed by atoms with van der Waals surface area (Å²) in [5.41, 5.74) is 2.12. The quantitative estimate of drug-likeness (QED) is 0.855. The zero-order valence-electron chi connectivity index (χ0n) is 10.8. The second-order valence-corrected chi connectivity index (χ2v) is 4.93. The van der Waals surface area contributed by atoms with Crippen LogP contribution in [0.25, 0.3) is 11.0 Å². The van der Waals surface area contributed by atoms with E-state index in [0.29, 0.717) is 23.9 Å². The summed E-state index contributed by atoms with van der Waals surface area (Å²) in [4.78, 5) is 20.4. The van der Waals surface area contributed by atoms with E-state index in [4.69, 9.17) is 11.6 Å². The number of hydrogen-bond acceptors (Lipinski definition) is 3. The number of rotatable bonds is 5. The highest BCUT2D eigenvalue weighted by molar-refractivity contribution is 6.17. The Morgan fingerprint density at radius 3 is 2.79 bits per heavy atom. The molecule has 0 aliphatic heterocycles. The fourth-order valence-electron chi connectivity index (χ4n) is 1.76. The van der Waals surface area contributed by atoms with E-state index in [2.05, 4.69) is 22.2 Å². The Hall–Kier alpha value is -1.68. The van der Waals surface area contributed by atoms with Gasteiger partial charge >= 0.3 is 0 Å². The summed E-state index contributed by atoms with van der Waals surface area (Å²) in [5.74, 6) is 0.901. The predicted octanol–water partition coefficient (Wildman–Crippen LogP) is 2.62. The molecular weight excluding hydrogens is 262 g/mol. The first-order valence-corrected chi connectivity index (χ1v) is 6.79. The van der Waals surface area contributed by atoms with E-state index in [1.165, 1.54) is 0 Å². The fraction of sp³-hybridized carbons (Fsp3) is 0.357. The molecule has 0 aliphatic carbocycles. The van der Waals surface area contributed by atoms with Gasteiger partial charge in [-0.15, -0.1) is 11.6 Å². The lowest BCUT2D eigenvalue weighted by molar-refractivity contribution is 0.0948. The van der Waals surface area contributed by atoms with E-state index < -0.39 is 0 Å². The summed E-state index contributed by atoms with van der Waals surface area (Å²) >= 11 is 5.67. The normalized spacial score (nSPS) is 12.3. The van der Waals surface area contributed by atoms with Crippen molar-refractivity contribution in [1.82, 2.24) is 15.3 Å². The lowest BCUT2D eigenvalue weighted by Gasteiger charge is -2.11. The van der Waals surface area contributed by atoms with Crippen LogP contribution in [-0.4, -0.2) is 28.3 Å². The zero-order valence-corrected chi connectivity index (χ0v) is 11.5. The molecule has 1 heterocycles. The Labute approximate surface area is 117 Å². The van der Waals surface area contributed by atoms with Gasteiger partial charge in [0.25, 0.3) is 5.91 Å². The molecule has 0 bridgehead atoms. The van der Waals surface area contributed by atoms with Crippen LogP contribution in [0.1, 0.15) is 23.7 Å². The third kappa shape index (κ3) is 3.64. The third-order valence-corrected chi connectivity index (χ3v) is 3.16. The van der Waals surface area contributed by atoms with Crippen molar-refractivity contribution in [2.75, 3.05) is 12.4 Å². The predicted molar refractivity (Wildman–Crippen MR) is 76.4 cm³/mol. The van der Waals surface area contributed by atoms with Crippen molar-refractivity contribution in [3.05, 3.63) is 36.2 Å². The van der Waals surface area contributed by atoms with Gasteiger partial charge in [-0.1, -0.05) is 6.92 Å². The highest BCUT2D eigenvalue weighted by Crippen LogP contribution is 2.11. The molecule has 0 spiro atoms. The largest absolute Gasteiger partial charge is 0.352 e. The number of halogens is 1. The van der Waals surface area contributed by atoms with Gasteiger partial charge in [-0.05, 0) is 30.5 Å². The molecule has 2 rings (SSSR count). The molecule has 0 fully saturated rings. The van der Waals surface area contributed by atoms with Crippen molar-refractivity contribution in [2.45, 2.75) is 13.3 Å². The van der Waals surface area contributed by atoms with E-state index in [1.54, 1.807) is 30.6 Å². The number of hydrogen-bond donors (Lipinski definition) is 1. The van der Waals surface area contributed by atoms with Gasteiger partial charge in [0.15, 0.2) is 0 Å². The number of carbonyl (C=O) groups excluding carboxylic acids is 1. The Balaban J connectivity index is 2.05. The van der Waals surface area contributed by atoms with Gasteiger partial charge in [-0.2, -0.15) is 0 Å². The first-order chi connectivity index (χ1) is 9.20. The van der Waals surface area contributed by atoms with Crippen LogP contribution in [0, 0.1) is 5.92 Å². The molecule has 0 saturated carbocycles. The summed E-state index contributed by atoms with van der Waals surface area (Å²) in [6, 6.07) is 5.32. The molecule has 4 nitrogen and oxygen atoms in total. The Bertz CT molecular complexity index is 573. The molecule has 0 aliphatic rings. The van der Waals surface area contributed by atoms with Gasteiger partial charge in [0, 0.05) is 30.4 Å². The number of aromatic nitrogens is 2. The number of alkyl halides is 1. The van der Waals surface area contributed by atoms with Crippen LogP contribution >= 0.6 is 11.6 Å². The van der Waals surface area contributed by atoms with Gasteiger partial charge in [-0.25, -0.2) is 0 Å². The average Bonchev–Trinajstić information content (AvgIpc) is 2.44. The van der Waals surface area contributed by atoms with Crippen LogP contribution < -0.4 is 5.32 Å². The molecule has 1 aromatic heterocycles. The smallest absolute Gasteiger partial charge is 0.251 e. The molecule has 1 atom stereocenters. The second-order valence-electron chi connectivity index (χ2n) is 4.55. The van der Waals surface area contributed by atoms with E-state index in [9.17, 15) is 4.79 Å². The number of nitrogens with one attached hydrogen (secondary N) is 1. The number of amides is 1. The highest BCUT2D eigenvalue weighted by Gasteiger charge is 2.08. The minimum absolute atomic E-state index is 0.0889. The number of carbonyl (C=O) groups is 1. The van der Waals surface area contributed by atoms with Crippen LogP contribution in [0.2, 0.25) is 0 Å². The van der Waals surface area contributed by atoms with Crippen molar-refractivity contribution >= 4 is 28.5 Å². The number of fused-ring (bicyclic) bond motifs is 1. The first kappa shape index (κ1) is 13.7. The molecule has 1 N–H and O–H groups in total. The van der Waals surface area contributed by atoms with E-state index >= 15 is 0 Å². The van der Waals surface area contributed by atoms with Crippen LogP contribution in [0.5, 0.6) is 0 Å². The first-order valence-electron chi connectivity index (χ1n) is 6.25. The molecule has 5 heteroatoms. The maximum absolute atomic E-state index is 12.0. The SMILES string of the molecule is CC(CCCl)CNC(=O)c1ccc2nccnc2c1. The van der Waals surface area contributed by atoms with Crippen molar-refractivity contribution in [1.29, 1.82) is 0 Å². The van der Waals surface area contributed by atoms with Crippen LogP contribution in [0.15, 0.2) is 30.6 Å². The Morgan fingerprint density at radius 2 is 2.05 bits per heavy atom. The summed E-state index contributed by atoms with van der Waals surface area (Å²) in [6.45, 7) is 2.69. The topological polar surface area (TPSA) is 54.9 Å². The molecule has 19 heavy (non-hydrogen) atoms. The maximum atomic E-state index is 12.0. The standard InChI is InChI=1S/C14H16ClN3O/c1-10(4-5-15)9-18-14(19)11-2-3-12-13(8-11)17-7-6-16-12/h2-3,6-8,10H,4-5,9H2,1H3,(H,18,19). The van der Waals surface area contributed by atoms with Gasteiger partial charge in [0.2, 0.25) is 0 Å². The summed E-state index contributed by atoms with van der Waals surface area (Å²) in [6.07, 6.45) is 4.15. The summed E-state index contributed by atoms with van der Waals surface area (Å²) in [5, 5.41) is 2.90. The van der Waals surface area contributed by atoms with Crippen LogP contribution in [0.3, 0.4) is 0 Å². The van der Waals surface area contributed by atoms with Gasteiger partial charge in [0.1, 0.15) is 0 Å². The maximum Gasteiger partial charge on any atom is 0.251 e. The van der Waals surface area contributed by atoms with Crippen molar-refractivity contribution < 1.29 is 4.79 Å². The summed E-state index contributed by atoms with van der Waals surface area (Å²) in [7, 11) is 0. The average molecular weight is 278 g/mol. The van der Waals surface area contributed by atoms with E-state index in [0.717, 1.165) is 17.5 Å². The monoisotopic (exact) mass is 277 g/mol. The minimum Gasteiger partial charge on any atom is -0.352 e. The van der Waals surface area contributed by atoms with Crippen molar-refractivity contribution in [3.8, 4) is 0 Å². The zero-order chi connectivity index (χ0) is 13.7. The third-order valence-electron chi connectivity index (χ3n) is 2.94. The molecule has 1 amide bonds. The van der Waals surface area contributed by atoms with Crippen LogP contribution in [-0.2, 0) is 0 Å². The molecule has 1 unspecified atom stereocenters. The van der Waals surface area contributed by atoms with Crippen molar-refractivity contribution in [3.63, 3.8) is 0 Å². The number of nitrogens with zero attached hydrogens (tertiary/aromatic N) is 2. The van der Waals surface area contributed by atoms with Crippen LogP contribution in [0.4, 0.5) is 0 Å². The fourth-order valence-corrected chi connectivity index (χ4v) is 2.13. The Morgan fingerprint density at radius 1 is 1.32 bits per heavy atom. The van der Waals surface area contributed by atoms with Gasteiger partial charge in [0.05, 0.1) is 11.0 Å². The molecule has 0 radical (unpaired) electrons. The lowest BCUT2D eigenvalue weighted by Crippen LogP contribution is -2.28. The Kier molecular flexibility index (Phi) is 4.68. The molecule has 100 valence electrons. The molecule has 1 aromatic carbocycles. The van der Waals surface area contributed by atoms with Crippen molar-refractivity contribution in [2.24, 2.45) is 5.92 Å². The summed E-state index contributed by atoms with van der Waals surface area (Å²) < 4.78 is 0.